The van der Waals surface area contributed by atoms with E-state index in [0.29, 0.717) is 17.3 Å². The second kappa shape index (κ2) is 8.34. The first-order valence-corrected chi connectivity index (χ1v) is 10.1. The smallest absolute Gasteiger partial charge is 0.277 e. The van der Waals surface area contributed by atoms with Gasteiger partial charge in [0.15, 0.2) is 11.5 Å². The first-order chi connectivity index (χ1) is 14.4. The molecule has 0 spiro atoms. The van der Waals surface area contributed by atoms with Gasteiger partial charge in [-0.15, -0.1) is 0 Å². The number of hydrogen-bond donors (Lipinski definition) is 2. The minimum atomic E-state index is -0.312. The van der Waals surface area contributed by atoms with E-state index < -0.39 is 0 Å². The van der Waals surface area contributed by atoms with Gasteiger partial charge in [0.1, 0.15) is 0 Å². The summed E-state index contributed by atoms with van der Waals surface area (Å²) in [6.45, 7) is 6.81. The summed E-state index contributed by atoms with van der Waals surface area (Å²) in [6.07, 6.45) is 0. The van der Waals surface area contributed by atoms with Crippen LogP contribution in [0.25, 0.3) is 11.3 Å². The molecule has 2 aromatic carbocycles. The van der Waals surface area contributed by atoms with E-state index in [1.54, 1.807) is 18.2 Å². The molecule has 4 rings (SSSR count). The number of carbonyl (C=O) groups is 1. The zero-order valence-electron chi connectivity index (χ0n) is 17.1. The van der Waals surface area contributed by atoms with E-state index in [1.807, 2.05) is 38.1 Å². The molecule has 6 nitrogen and oxygen atoms in total. The Morgan fingerprint density at radius 2 is 2.00 bits per heavy atom. The number of allylic oxidation sites excluding steroid dienone is 1. The third-order valence-electron chi connectivity index (χ3n) is 5.27. The molecule has 0 fully saturated rings. The van der Waals surface area contributed by atoms with Crippen molar-refractivity contribution in [2.75, 3.05) is 0 Å². The quantitative estimate of drug-likeness (QED) is 0.625. The van der Waals surface area contributed by atoms with Crippen LogP contribution in [0.2, 0.25) is 5.02 Å². The van der Waals surface area contributed by atoms with Crippen molar-refractivity contribution in [3.63, 3.8) is 0 Å². The van der Waals surface area contributed by atoms with E-state index >= 15 is 0 Å². The number of aromatic nitrogens is 1. The van der Waals surface area contributed by atoms with Gasteiger partial charge in [-0.1, -0.05) is 53.2 Å². The Kier molecular flexibility index (Phi) is 5.61. The number of aryl methyl sites for hydroxylation is 1. The number of nitrogens with zero attached hydrogens (tertiary/aromatic N) is 2. The summed E-state index contributed by atoms with van der Waals surface area (Å²) in [4.78, 5) is 12.8. The highest BCUT2D eigenvalue weighted by atomic mass is 35.5. The van der Waals surface area contributed by atoms with Gasteiger partial charge < -0.3 is 14.8 Å². The van der Waals surface area contributed by atoms with Crippen molar-refractivity contribution in [2.24, 2.45) is 0 Å². The van der Waals surface area contributed by atoms with Gasteiger partial charge in [-0.2, -0.15) is 0 Å². The van der Waals surface area contributed by atoms with Gasteiger partial charge in [-0.3, -0.25) is 4.79 Å². The number of halogens is 1. The highest BCUT2D eigenvalue weighted by Gasteiger charge is 2.28. The minimum Gasteiger partial charge on any atom is -0.355 e. The maximum Gasteiger partial charge on any atom is 0.277 e. The van der Waals surface area contributed by atoms with Crippen LogP contribution < -0.4 is 10.7 Å². The van der Waals surface area contributed by atoms with Crippen molar-refractivity contribution < 1.29 is 9.32 Å². The summed E-state index contributed by atoms with van der Waals surface area (Å²) in [7, 11) is 0. The lowest BCUT2D eigenvalue weighted by molar-refractivity contribution is 0.0954. The Balaban J connectivity index is 1.50. The number of carbonyl (C=O) groups excluding carboxylic acids is 1. The third-order valence-corrected chi connectivity index (χ3v) is 5.50. The number of hydrazine groups is 1. The maximum atomic E-state index is 12.8. The fourth-order valence-corrected chi connectivity index (χ4v) is 3.71. The van der Waals surface area contributed by atoms with Gasteiger partial charge in [0.05, 0.1) is 18.3 Å². The molecule has 1 atom stereocenters. The third kappa shape index (κ3) is 4.10. The first-order valence-electron chi connectivity index (χ1n) is 9.75. The van der Waals surface area contributed by atoms with Crippen molar-refractivity contribution in [1.82, 2.24) is 20.9 Å². The predicted molar refractivity (Wildman–Crippen MR) is 116 cm³/mol. The SMILES string of the molecule is CC1=C(NC(=O)c2cc(-c3cccc(Cl)c3)on2)C(C)NN1Cc1ccccc1C. The minimum absolute atomic E-state index is 0.0303. The Morgan fingerprint density at radius 1 is 1.20 bits per heavy atom. The second-order valence-electron chi connectivity index (χ2n) is 7.40. The topological polar surface area (TPSA) is 70.4 Å². The van der Waals surface area contributed by atoms with Crippen molar-refractivity contribution in [3.05, 3.63) is 87.8 Å². The molecule has 3 aromatic rings. The van der Waals surface area contributed by atoms with Crippen molar-refractivity contribution >= 4 is 17.5 Å². The lowest BCUT2D eigenvalue weighted by Crippen LogP contribution is -2.37. The molecule has 0 saturated carbocycles. The normalized spacial score (nSPS) is 16.3. The molecule has 1 aromatic heterocycles. The van der Waals surface area contributed by atoms with Crippen LogP contribution in [0, 0.1) is 6.92 Å². The summed E-state index contributed by atoms with van der Waals surface area (Å²) in [5, 5.41) is 9.57. The van der Waals surface area contributed by atoms with Gasteiger partial charge in [0.2, 0.25) is 0 Å². The van der Waals surface area contributed by atoms with E-state index in [9.17, 15) is 4.79 Å². The number of hydrogen-bond acceptors (Lipinski definition) is 5. The number of nitrogens with one attached hydrogen (secondary N) is 2. The fraction of sp³-hybridized carbons (Fsp3) is 0.217. The van der Waals surface area contributed by atoms with Crippen molar-refractivity contribution in [2.45, 2.75) is 33.4 Å². The van der Waals surface area contributed by atoms with Crippen LogP contribution in [0.5, 0.6) is 0 Å². The molecule has 1 unspecified atom stereocenters. The monoisotopic (exact) mass is 422 g/mol. The maximum absolute atomic E-state index is 12.8. The highest BCUT2D eigenvalue weighted by molar-refractivity contribution is 6.30. The summed E-state index contributed by atoms with van der Waals surface area (Å²) in [6, 6.07) is 17.1. The molecular weight excluding hydrogens is 400 g/mol. The summed E-state index contributed by atoms with van der Waals surface area (Å²) >= 11 is 6.03. The molecule has 2 heterocycles. The Labute approximate surface area is 180 Å². The molecule has 0 bridgehead atoms. The number of benzene rings is 2. The molecule has 1 amide bonds. The zero-order valence-corrected chi connectivity index (χ0v) is 17.8. The van der Waals surface area contributed by atoms with Crippen molar-refractivity contribution in [3.8, 4) is 11.3 Å². The van der Waals surface area contributed by atoms with Crippen LogP contribution >= 0.6 is 11.6 Å². The molecule has 1 aliphatic heterocycles. The van der Waals surface area contributed by atoms with Gasteiger partial charge in [-0.05, 0) is 44.0 Å². The van der Waals surface area contributed by atoms with Crippen LogP contribution in [-0.2, 0) is 6.54 Å². The largest absolute Gasteiger partial charge is 0.355 e. The molecule has 0 saturated heterocycles. The molecule has 1 aliphatic rings. The van der Waals surface area contributed by atoms with Gasteiger partial charge in [0.25, 0.3) is 5.91 Å². The molecule has 0 aliphatic carbocycles. The molecule has 154 valence electrons. The van der Waals surface area contributed by atoms with E-state index in [0.717, 1.165) is 17.0 Å². The van der Waals surface area contributed by atoms with Crippen molar-refractivity contribution in [1.29, 1.82) is 0 Å². The lowest BCUT2D eigenvalue weighted by atomic mass is 10.1. The van der Waals surface area contributed by atoms with E-state index in [1.165, 1.54) is 11.1 Å². The first kappa shape index (κ1) is 20.2. The van der Waals surface area contributed by atoms with Gasteiger partial charge >= 0.3 is 0 Å². The predicted octanol–water partition coefficient (Wildman–Crippen LogP) is 4.67. The van der Waals surface area contributed by atoms with Gasteiger partial charge in [0, 0.05) is 22.3 Å². The Bertz CT molecular complexity index is 1120. The molecule has 0 radical (unpaired) electrons. The zero-order chi connectivity index (χ0) is 21.3. The van der Waals surface area contributed by atoms with E-state index in [4.69, 9.17) is 16.1 Å². The van der Waals surface area contributed by atoms with Crippen LogP contribution in [0.3, 0.4) is 0 Å². The fourth-order valence-electron chi connectivity index (χ4n) is 3.52. The summed E-state index contributed by atoms with van der Waals surface area (Å²) < 4.78 is 5.35. The van der Waals surface area contributed by atoms with E-state index in [2.05, 4.69) is 40.0 Å². The van der Waals surface area contributed by atoms with Crippen LogP contribution in [0.4, 0.5) is 0 Å². The van der Waals surface area contributed by atoms with Crippen LogP contribution in [0.15, 0.2) is 70.5 Å². The highest BCUT2D eigenvalue weighted by Crippen LogP contribution is 2.25. The average molecular weight is 423 g/mol. The van der Waals surface area contributed by atoms with E-state index in [-0.39, 0.29) is 17.6 Å². The second-order valence-corrected chi connectivity index (χ2v) is 7.84. The molecule has 2 N–H and O–H groups in total. The molecule has 30 heavy (non-hydrogen) atoms. The Hall–Kier alpha value is -3.09. The summed E-state index contributed by atoms with van der Waals surface area (Å²) in [5.41, 5.74) is 8.64. The Morgan fingerprint density at radius 3 is 2.77 bits per heavy atom. The summed E-state index contributed by atoms with van der Waals surface area (Å²) in [5.74, 6) is 0.180. The van der Waals surface area contributed by atoms with Gasteiger partial charge in [-0.25, -0.2) is 5.43 Å². The average Bonchev–Trinajstić information content (AvgIpc) is 3.31. The molecule has 7 heteroatoms. The molecular formula is C23H23ClN4O2. The standard InChI is InChI=1S/C23H23ClN4O2/c1-14-7-4-5-8-18(14)13-28-16(3)22(15(2)26-28)25-23(29)20-12-21(30-27-20)17-9-6-10-19(24)11-17/h4-12,15,26H,13H2,1-3H3,(H,25,29). The number of rotatable bonds is 5. The van der Waals surface area contributed by atoms with Crippen LogP contribution in [-0.4, -0.2) is 22.1 Å². The van der Waals surface area contributed by atoms with Crippen LogP contribution in [0.1, 0.15) is 35.5 Å². The lowest BCUT2D eigenvalue weighted by Gasteiger charge is -2.22. The number of amides is 1.